The van der Waals surface area contributed by atoms with Crippen LogP contribution in [0.4, 0.5) is 0 Å². The number of hydrogen-bond donors (Lipinski definition) is 2. The summed E-state index contributed by atoms with van der Waals surface area (Å²) in [5.41, 5.74) is 0.664. The number of Topliss-reactive ketones (excluding diaryl/α,β-unsaturated/α-hetero) is 1. The molecule has 0 saturated carbocycles. The number of thioether (sulfide) groups is 1. The van der Waals surface area contributed by atoms with Gasteiger partial charge < -0.3 is 10.4 Å². The molecule has 1 fully saturated rings. The van der Waals surface area contributed by atoms with Crippen molar-refractivity contribution in [1.29, 1.82) is 0 Å². The Labute approximate surface area is 149 Å². The standard InChI is InChI=1S/C16H19N5O3S/c22-14(12-4-2-1-3-5-12)10-25-16-18-20-21(19-16)9-11-6-7-17-13(8-11)15(23)24/h1-5,11,13,17H,6-10H2,(H,23,24)/t11-,13-/m1/s1. The van der Waals surface area contributed by atoms with E-state index >= 15 is 0 Å². The molecule has 1 aliphatic heterocycles. The summed E-state index contributed by atoms with van der Waals surface area (Å²) in [5, 5.41) is 24.8. The molecule has 2 N–H and O–H groups in total. The molecule has 0 amide bonds. The van der Waals surface area contributed by atoms with E-state index in [2.05, 4.69) is 20.7 Å². The van der Waals surface area contributed by atoms with Crippen molar-refractivity contribution in [2.75, 3.05) is 12.3 Å². The van der Waals surface area contributed by atoms with E-state index in [1.54, 1.807) is 12.1 Å². The normalized spacial score (nSPS) is 20.3. The quantitative estimate of drug-likeness (QED) is 0.557. The second kappa shape index (κ2) is 8.21. The largest absolute Gasteiger partial charge is 0.480 e. The Morgan fingerprint density at radius 3 is 2.88 bits per heavy atom. The van der Waals surface area contributed by atoms with Crippen molar-refractivity contribution >= 4 is 23.5 Å². The van der Waals surface area contributed by atoms with Crippen LogP contribution in [0.1, 0.15) is 23.2 Å². The number of carboxylic acids is 1. The minimum absolute atomic E-state index is 0.0182. The number of nitrogens with one attached hydrogen (secondary N) is 1. The molecule has 1 aromatic heterocycles. The third-order valence-corrected chi connectivity index (χ3v) is 4.92. The molecule has 0 spiro atoms. The van der Waals surface area contributed by atoms with E-state index < -0.39 is 12.0 Å². The highest BCUT2D eigenvalue weighted by molar-refractivity contribution is 7.99. The number of piperidine rings is 1. The second-order valence-corrected chi connectivity index (χ2v) is 6.88. The zero-order valence-electron chi connectivity index (χ0n) is 13.5. The summed E-state index contributed by atoms with van der Waals surface area (Å²) in [6.45, 7) is 1.20. The Hall–Kier alpha value is -2.26. The maximum absolute atomic E-state index is 12.1. The van der Waals surface area contributed by atoms with Gasteiger partial charge in [0.25, 0.3) is 0 Å². The van der Waals surface area contributed by atoms with Crippen LogP contribution in [0.25, 0.3) is 0 Å². The fourth-order valence-corrected chi connectivity index (χ4v) is 3.46. The van der Waals surface area contributed by atoms with Crippen LogP contribution < -0.4 is 5.32 Å². The van der Waals surface area contributed by atoms with E-state index in [1.165, 1.54) is 16.6 Å². The summed E-state index contributed by atoms with van der Waals surface area (Å²) in [6, 6.07) is 8.57. The van der Waals surface area contributed by atoms with Crippen LogP contribution in [0, 0.1) is 5.92 Å². The fraction of sp³-hybridized carbons (Fsp3) is 0.438. The molecule has 2 atom stereocenters. The van der Waals surface area contributed by atoms with Gasteiger partial charge in [0.1, 0.15) is 6.04 Å². The Bertz CT molecular complexity index is 736. The van der Waals surface area contributed by atoms with Gasteiger partial charge in [0.2, 0.25) is 5.16 Å². The molecule has 0 unspecified atom stereocenters. The van der Waals surface area contributed by atoms with Crippen molar-refractivity contribution < 1.29 is 14.7 Å². The molecule has 3 rings (SSSR count). The average Bonchev–Trinajstić information content (AvgIpc) is 3.08. The van der Waals surface area contributed by atoms with Crippen molar-refractivity contribution in [2.45, 2.75) is 30.6 Å². The van der Waals surface area contributed by atoms with E-state index in [1.807, 2.05) is 18.2 Å². The predicted octanol–water partition coefficient (Wildman–Crippen LogP) is 1.10. The molecular weight excluding hydrogens is 342 g/mol. The van der Waals surface area contributed by atoms with E-state index in [-0.39, 0.29) is 17.5 Å². The van der Waals surface area contributed by atoms with Gasteiger partial charge in [-0.15, -0.1) is 10.2 Å². The number of carbonyl (C=O) groups excluding carboxylic acids is 1. The lowest BCUT2D eigenvalue weighted by Gasteiger charge is -2.27. The lowest BCUT2D eigenvalue weighted by molar-refractivity contribution is -0.140. The minimum atomic E-state index is -0.827. The summed E-state index contributed by atoms with van der Waals surface area (Å²) < 4.78 is 0. The van der Waals surface area contributed by atoms with Crippen LogP contribution in [0.2, 0.25) is 0 Å². The van der Waals surface area contributed by atoms with Crippen molar-refractivity contribution in [2.24, 2.45) is 5.92 Å². The first-order valence-electron chi connectivity index (χ1n) is 8.07. The summed E-state index contributed by atoms with van der Waals surface area (Å²) >= 11 is 1.25. The van der Waals surface area contributed by atoms with Gasteiger partial charge >= 0.3 is 5.97 Å². The second-order valence-electron chi connectivity index (χ2n) is 5.94. The number of carbonyl (C=O) groups is 2. The van der Waals surface area contributed by atoms with Gasteiger partial charge in [0.05, 0.1) is 12.3 Å². The van der Waals surface area contributed by atoms with Crippen molar-refractivity contribution in [1.82, 2.24) is 25.5 Å². The molecule has 9 heteroatoms. The van der Waals surface area contributed by atoms with Crippen LogP contribution in [-0.4, -0.2) is 55.4 Å². The molecule has 0 radical (unpaired) electrons. The maximum atomic E-state index is 12.1. The van der Waals surface area contributed by atoms with Gasteiger partial charge in [0, 0.05) is 5.56 Å². The number of aromatic nitrogens is 4. The molecule has 2 aromatic rings. The van der Waals surface area contributed by atoms with Crippen LogP contribution in [0.15, 0.2) is 35.5 Å². The van der Waals surface area contributed by atoms with E-state index in [0.717, 1.165) is 6.42 Å². The monoisotopic (exact) mass is 361 g/mol. The van der Waals surface area contributed by atoms with Gasteiger partial charge in [-0.2, -0.15) is 4.80 Å². The first kappa shape index (κ1) is 17.6. The molecule has 0 aliphatic carbocycles. The topological polar surface area (TPSA) is 110 Å². The Morgan fingerprint density at radius 1 is 1.32 bits per heavy atom. The van der Waals surface area contributed by atoms with Crippen molar-refractivity contribution in [3.05, 3.63) is 35.9 Å². The summed E-state index contributed by atoms with van der Waals surface area (Å²) in [7, 11) is 0. The number of ketones is 1. The molecule has 25 heavy (non-hydrogen) atoms. The predicted molar refractivity (Wildman–Crippen MR) is 91.5 cm³/mol. The molecule has 8 nitrogen and oxygen atoms in total. The summed E-state index contributed by atoms with van der Waals surface area (Å²) in [4.78, 5) is 24.6. The van der Waals surface area contributed by atoms with Gasteiger partial charge in [-0.05, 0) is 30.5 Å². The molecule has 1 saturated heterocycles. The molecular formula is C16H19N5O3S. The van der Waals surface area contributed by atoms with Crippen LogP contribution in [0.3, 0.4) is 0 Å². The van der Waals surface area contributed by atoms with Gasteiger partial charge in [-0.3, -0.25) is 9.59 Å². The number of hydrogen-bond acceptors (Lipinski definition) is 7. The zero-order chi connectivity index (χ0) is 17.6. The number of carboxylic acid groups (broad SMARTS) is 1. The minimum Gasteiger partial charge on any atom is -0.480 e. The maximum Gasteiger partial charge on any atom is 0.320 e. The van der Waals surface area contributed by atoms with Gasteiger partial charge in [-0.1, -0.05) is 42.1 Å². The molecule has 1 aliphatic rings. The van der Waals surface area contributed by atoms with Crippen LogP contribution in [-0.2, 0) is 11.3 Å². The zero-order valence-corrected chi connectivity index (χ0v) is 14.4. The Balaban J connectivity index is 1.50. The SMILES string of the molecule is O=C(CSc1nnn(C[C@@H]2CCN[C@@H](C(=O)O)C2)n1)c1ccccc1. The number of aliphatic carboxylic acids is 1. The van der Waals surface area contributed by atoms with Crippen molar-refractivity contribution in [3.63, 3.8) is 0 Å². The molecule has 1 aromatic carbocycles. The molecule has 2 heterocycles. The highest BCUT2D eigenvalue weighted by atomic mass is 32.2. The Kier molecular flexibility index (Phi) is 5.77. The number of rotatable bonds is 7. The summed E-state index contributed by atoms with van der Waals surface area (Å²) in [6.07, 6.45) is 1.42. The average molecular weight is 361 g/mol. The third kappa shape index (κ3) is 4.86. The molecule has 132 valence electrons. The van der Waals surface area contributed by atoms with Gasteiger partial charge in [0.15, 0.2) is 5.78 Å². The lowest BCUT2D eigenvalue weighted by Crippen LogP contribution is -2.44. The highest BCUT2D eigenvalue weighted by Crippen LogP contribution is 2.19. The van der Waals surface area contributed by atoms with E-state index in [4.69, 9.17) is 5.11 Å². The first-order valence-corrected chi connectivity index (χ1v) is 9.05. The van der Waals surface area contributed by atoms with E-state index in [9.17, 15) is 9.59 Å². The Morgan fingerprint density at radius 2 is 2.12 bits per heavy atom. The van der Waals surface area contributed by atoms with Crippen LogP contribution >= 0.6 is 11.8 Å². The third-order valence-electron chi connectivity index (χ3n) is 4.09. The van der Waals surface area contributed by atoms with Crippen molar-refractivity contribution in [3.8, 4) is 0 Å². The smallest absolute Gasteiger partial charge is 0.320 e. The highest BCUT2D eigenvalue weighted by Gasteiger charge is 2.27. The van der Waals surface area contributed by atoms with Crippen LogP contribution in [0.5, 0.6) is 0 Å². The lowest BCUT2D eigenvalue weighted by atomic mass is 9.92. The number of benzene rings is 1. The molecule has 0 bridgehead atoms. The summed E-state index contributed by atoms with van der Waals surface area (Å²) in [5.74, 6) is -0.360. The first-order chi connectivity index (χ1) is 12.1. The fourth-order valence-electron chi connectivity index (χ4n) is 2.78. The van der Waals surface area contributed by atoms with Gasteiger partial charge in [-0.25, -0.2) is 0 Å². The number of tetrazole rings is 1. The van der Waals surface area contributed by atoms with E-state index in [0.29, 0.717) is 30.2 Å². The number of nitrogens with zero attached hydrogens (tertiary/aromatic N) is 4.